The number of aryl methyl sites for hydroxylation is 2. The maximum absolute atomic E-state index is 12.8. The van der Waals surface area contributed by atoms with Crippen molar-refractivity contribution in [2.75, 3.05) is 36.8 Å². The van der Waals surface area contributed by atoms with Crippen molar-refractivity contribution in [2.24, 2.45) is 0 Å². The number of hydrogen-bond acceptors (Lipinski definition) is 6. The van der Waals surface area contributed by atoms with Crippen LogP contribution < -0.4 is 10.6 Å². The third-order valence-corrected chi connectivity index (χ3v) is 6.71. The molecule has 2 aromatic rings. The smallest absolute Gasteiger partial charge is 0.292 e. The summed E-state index contributed by atoms with van der Waals surface area (Å²) in [6, 6.07) is 9.78. The number of nitrogens with zero attached hydrogens (tertiary/aromatic N) is 3. The lowest BCUT2D eigenvalue weighted by molar-refractivity contribution is -0.384. The van der Waals surface area contributed by atoms with Gasteiger partial charge in [-0.25, -0.2) is 8.42 Å². The average Bonchev–Trinajstić information content (AvgIpc) is 2.64. The molecule has 3 rings (SSSR count). The molecule has 1 saturated heterocycles. The van der Waals surface area contributed by atoms with E-state index in [4.69, 9.17) is 5.73 Å². The van der Waals surface area contributed by atoms with E-state index in [2.05, 4.69) is 0 Å². The summed E-state index contributed by atoms with van der Waals surface area (Å²) in [6.45, 7) is 4.83. The molecule has 0 aromatic heterocycles. The molecule has 0 amide bonds. The van der Waals surface area contributed by atoms with Gasteiger partial charge in [0, 0.05) is 37.9 Å². The van der Waals surface area contributed by atoms with Crippen LogP contribution in [0.15, 0.2) is 41.3 Å². The second kappa shape index (κ2) is 7.16. The second-order valence-corrected chi connectivity index (χ2v) is 8.60. The van der Waals surface area contributed by atoms with Crippen LogP contribution in [0, 0.1) is 24.0 Å². The first kappa shape index (κ1) is 19.1. The van der Waals surface area contributed by atoms with Crippen molar-refractivity contribution in [1.29, 1.82) is 0 Å². The summed E-state index contributed by atoms with van der Waals surface area (Å²) in [5, 5.41) is 11.4. The number of nitro groups is 1. The van der Waals surface area contributed by atoms with E-state index >= 15 is 0 Å². The molecule has 8 nitrogen and oxygen atoms in total. The van der Waals surface area contributed by atoms with Gasteiger partial charge in [-0.2, -0.15) is 4.31 Å². The van der Waals surface area contributed by atoms with Crippen LogP contribution in [0.4, 0.5) is 17.1 Å². The topological polar surface area (TPSA) is 110 Å². The first-order valence-corrected chi connectivity index (χ1v) is 10.0. The highest BCUT2D eigenvalue weighted by Crippen LogP contribution is 2.33. The fourth-order valence-electron chi connectivity index (χ4n) is 3.13. The number of nitro benzene ring substituents is 1. The Labute approximate surface area is 158 Å². The number of nitrogens with two attached hydrogens (primary N) is 1. The molecule has 2 N–H and O–H groups in total. The Balaban J connectivity index is 1.81. The maximum Gasteiger partial charge on any atom is 0.292 e. The van der Waals surface area contributed by atoms with E-state index in [9.17, 15) is 18.5 Å². The molecule has 0 saturated carbocycles. The molecule has 2 aromatic carbocycles. The molecule has 27 heavy (non-hydrogen) atoms. The van der Waals surface area contributed by atoms with Crippen molar-refractivity contribution >= 4 is 27.1 Å². The van der Waals surface area contributed by atoms with Crippen molar-refractivity contribution in [3.8, 4) is 0 Å². The maximum atomic E-state index is 12.8. The van der Waals surface area contributed by atoms with Crippen LogP contribution in [-0.4, -0.2) is 43.8 Å². The van der Waals surface area contributed by atoms with Gasteiger partial charge in [0.15, 0.2) is 0 Å². The van der Waals surface area contributed by atoms with Gasteiger partial charge in [-0.1, -0.05) is 17.7 Å². The van der Waals surface area contributed by atoms with Crippen molar-refractivity contribution in [3.05, 3.63) is 57.6 Å². The van der Waals surface area contributed by atoms with Gasteiger partial charge in [-0.15, -0.1) is 0 Å². The van der Waals surface area contributed by atoms with E-state index in [1.807, 2.05) is 11.8 Å². The van der Waals surface area contributed by atoms with E-state index in [-0.39, 0.29) is 23.7 Å². The normalized spacial score (nSPS) is 15.7. The third kappa shape index (κ3) is 3.74. The van der Waals surface area contributed by atoms with E-state index in [0.717, 1.165) is 5.56 Å². The van der Waals surface area contributed by atoms with Gasteiger partial charge in [0.2, 0.25) is 10.0 Å². The number of sulfonamides is 1. The highest BCUT2D eigenvalue weighted by molar-refractivity contribution is 7.89. The van der Waals surface area contributed by atoms with E-state index < -0.39 is 14.9 Å². The molecule has 0 aliphatic carbocycles. The predicted molar refractivity (Wildman–Crippen MR) is 104 cm³/mol. The lowest BCUT2D eigenvalue weighted by Crippen LogP contribution is -2.48. The minimum Gasteiger partial charge on any atom is -0.398 e. The number of benzene rings is 2. The number of nitrogen functional groups attached to an aromatic ring is 1. The molecular weight excluding hydrogens is 368 g/mol. The summed E-state index contributed by atoms with van der Waals surface area (Å²) >= 11 is 0. The van der Waals surface area contributed by atoms with Crippen LogP contribution in [0.1, 0.15) is 11.1 Å². The Kier molecular flexibility index (Phi) is 5.07. The van der Waals surface area contributed by atoms with Crippen LogP contribution in [-0.2, 0) is 10.0 Å². The van der Waals surface area contributed by atoms with Crippen molar-refractivity contribution in [3.63, 3.8) is 0 Å². The summed E-state index contributed by atoms with van der Waals surface area (Å²) in [5.41, 5.74) is 8.45. The fourth-order valence-corrected chi connectivity index (χ4v) is 4.55. The Hall–Kier alpha value is -2.65. The standard InChI is InChI=1S/C18H22N4O4S/c1-13-3-5-15(6-4-13)27(25,26)21-9-7-20(8-10-21)17-12-16(19)14(2)11-18(17)22(23)24/h3-6,11-12H,7-10,19H2,1-2H3. The minimum atomic E-state index is -3.58. The first-order valence-electron chi connectivity index (χ1n) is 8.56. The zero-order valence-electron chi connectivity index (χ0n) is 15.3. The zero-order chi connectivity index (χ0) is 19.8. The summed E-state index contributed by atoms with van der Waals surface area (Å²) in [6.07, 6.45) is 0. The van der Waals surface area contributed by atoms with Gasteiger partial charge >= 0.3 is 0 Å². The van der Waals surface area contributed by atoms with Gasteiger partial charge in [-0.3, -0.25) is 10.1 Å². The van der Waals surface area contributed by atoms with Crippen LogP contribution in [0.3, 0.4) is 0 Å². The first-order chi connectivity index (χ1) is 12.7. The van der Waals surface area contributed by atoms with E-state index in [0.29, 0.717) is 30.0 Å². The van der Waals surface area contributed by atoms with Crippen molar-refractivity contribution in [1.82, 2.24) is 4.31 Å². The van der Waals surface area contributed by atoms with Crippen molar-refractivity contribution < 1.29 is 13.3 Å². The van der Waals surface area contributed by atoms with Crippen LogP contribution in [0.5, 0.6) is 0 Å². The van der Waals surface area contributed by atoms with Crippen LogP contribution >= 0.6 is 0 Å². The Morgan fingerprint density at radius 2 is 1.63 bits per heavy atom. The number of anilines is 2. The third-order valence-electron chi connectivity index (χ3n) is 4.80. The highest BCUT2D eigenvalue weighted by atomic mass is 32.2. The molecule has 144 valence electrons. The van der Waals surface area contributed by atoms with Gasteiger partial charge in [0.25, 0.3) is 5.69 Å². The lowest BCUT2D eigenvalue weighted by atomic mass is 10.1. The fraction of sp³-hybridized carbons (Fsp3) is 0.333. The Morgan fingerprint density at radius 1 is 1.04 bits per heavy atom. The van der Waals surface area contributed by atoms with Gasteiger partial charge < -0.3 is 10.6 Å². The van der Waals surface area contributed by atoms with Crippen LogP contribution in [0.2, 0.25) is 0 Å². The molecule has 0 radical (unpaired) electrons. The molecule has 0 unspecified atom stereocenters. The van der Waals surface area contributed by atoms with Crippen LogP contribution in [0.25, 0.3) is 0 Å². The van der Waals surface area contributed by atoms with Crippen molar-refractivity contribution in [2.45, 2.75) is 18.7 Å². The number of piperazine rings is 1. The molecular formula is C18H22N4O4S. The second-order valence-electron chi connectivity index (χ2n) is 6.66. The lowest BCUT2D eigenvalue weighted by Gasteiger charge is -2.35. The quantitative estimate of drug-likeness (QED) is 0.487. The van der Waals surface area contributed by atoms with Gasteiger partial charge in [0.1, 0.15) is 5.69 Å². The molecule has 0 bridgehead atoms. The number of rotatable bonds is 4. The monoisotopic (exact) mass is 390 g/mol. The van der Waals surface area contributed by atoms with Gasteiger partial charge in [-0.05, 0) is 37.6 Å². The predicted octanol–water partition coefficient (Wildman–Crippen LogP) is 2.30. The van der Waals surface area contributed by atoms with Gasteiger partial charge in [0.05, 0.1) is 9.82 Å². The molecule has 1 aliphatic rings. The molecule has 9 heteroatoms. The SMILES string of the molecule is Cc1ccc(S(=O)(=O)N2CCN(c3cc(N)c(C)cc3[N+](=O)[O-])CC2)cc1. The summed E-state index contributed by atoms with van der Waals surface area (Å²) in [4.78, 5) is 13.0. The minimum absolute atomic E-state index is 0.0171. The zero-order valence-corrected chi connectivity index (χ0v) is 16.1. The molecule has 1 heterocycles. The van der Waals surface area contributed by atoms with E-state index in [1.165, 1.54) is 10.4 Å². The highest BCUT2D eigenvalue weighted by Gasteiger charge is 2.31. The largest absolute Gasteiger partial charge is 0.398 e. The summed E-state index contributed by atoms with van der Waals surface area (Å²) in [7, 11) is -3.58. The van der Waals surface area contributed by atoms with E-state index in [1.54, 1.807) is 37.3 Å². The Bertz CT molecular complexity index is 966. The molecule has 0 atom stereocenters. The summed E-state index contributed by atoms with van der Waals surface area (Å²) in [5.74, 6) is 0. The number of hydrogen-bond donors (Lipinski definition) is 1. The molecule has 1 fully saturated rings. The Morgan fingerprint density at radius 3 is 2.19 bits per heavy atom. The molecule has 1 aliphatic heterocycles. The summed E-state index contributed by atoms with van der Waals surface area (Å²) < 4.78 is 27.0. The average molecular weight is 390 g/mol. The molecule has 0 spiro atoms.